The van der Waals surface area contributed by atoms with Crippen molar-refractivity contribution in [2.45, 2.75) is 32.9 Å². The Morgan fingerprint density at radius 3 is 2.09 bits per heavy atom. The van der Waals surface area contributed by atoms with E-state index in [1.54, 1.807) is 6.92 Å². The molecule has 1 aliphatic rings. The molecule has 0 saturated carbocycles. The van der Waals surface area contributed by atoms with Gasteiger partial charge in [0.1, 0.15) is 0 Å². The van der Waals surface area contributed by atoms with Crippen molar-refractivity contribution in [3.8, 4) is 0 Å². The van der Waals surface area contributed by atoms with E-state index >= 15 is 0 Å². The first-order valence-corrected chi connectivity index (χ1v) is 3.99. The summed E-state index contributed by atoms with van der Waals surface area (Å²) in [7, 11) is 0. The molecule has 11 heavy (non-hydrogen) atoms. The zero-order chi connectivity index (χ0) is 8.43. The third kappa shape index (κ3) is 1.71. The van der Waals surface area contributed by atoms with Gasteiger partial charge in [0.25, 0.3) is 0 Å². The minimum atomic E-state index is 0.147. The SMILES string of the molecule is CC(=O)N1C(C)COC[C@@H]1C. The van der Waals surface area contributed by atoms with E-state index in [1.807, 2.05) is 18.7 Å². The Labute approximate surface area is 67.3 Å². The van der Waals surface area contributed by atoms with E-state index < -0.39 is 0 Å². The summed E-state index contributed by atoms with van der Waals surface area (Å²) in [4.78, 5) is 13.0. The number of amides is 1. The van der Waals surface area contributed by atoms with Crippen molar-refractivity contribution in [1.82, 2.24) is 4.90 Å². The van der Waals surface area contributed by atoms with Crippen LogP contribution in [0.3, 0.4) is 0 Å². The van der Waals surface area contributed by atoms with Gasteiger partial charge in [-0.2, -0.15) is 0 Å². The fourth-order valence-electron chi connectivity index (χ4n) is 1.62. The molecule has 0 N–H and O–H groups in total. The topological polar surface area (TPSA) is 29.5 Å². The normalized spacial score (nSPS) is 32.1. The zero-order valence-electron chi connectivity index (χ0n) is 7.33. The molecule has 0 aromatic carbocycles. The van der Waals surface area contributed by atoms with Gasteiger partial charge in [-0.15, -0.1) is 0 Å². The van der Waals surface area contributed by atoms with Gasteiger partial charge in [0.15, 0.2) is 0 Å². The van der Waals surface area contributed by atoms with Crippen molar-refractivity contribution in [2.24, 2.45) is 0 Å². The van der Waals surface area contributed by atoms with Crippen LogP contribution in [0, 0.1) is 0 Å². The lowest BCUT2D eigenvalue weighted by Gasteiger charge is -2.38. The maximum absolute atomic E-state index is 11.1. The molecular formula is C8H15NO2. The summed E-state index contributed by atoms with van der Waals surface area (Å²) in [5.41, 5.74) is 0. The number of rotatable bonds is 0. The molecule has 1 unspecified atom stereocenters. The second kappa shape index (κ2) is 3.22. The highest BCUT2D eigenvalue weighted by molar-refractivity contribution is 5.74. The molecule has 1 fully saturated rings. The van der Waals surface area contributed by atoms with Gasteiger partial charge >= 0.3 is 0 Å². The Balaban J connectivity index is 2.62. The van der Waals surface area contributed by atoms with Gasteiger partial charge in [0, 0.05) is 6.92 Å². The highest BCUT2D eigenvalue weighted by Crippen LogP contribution is 2.12. The van der Waals surface area contributed by atoms with Gasteiger partial charge in [0.2, 0.25) is 5.91 Å². The second-order valence-corrected chi connectivity index (χ2v) is 3.16. The van der Waals surface area contributed by atoms with Gasteiger partial charge in [0.05, 0.1) is 25.3 Å². The summed E-state index contributed by atoms with van der Waals surface area (Å²) in [6, 6.07) is 0.465. The largest absolute Gasteiger partial charge is 0.377 e. The van der Waals surface area contributed by atoms with E-state index in [-0.39, 0.29) is 18.0 Å². The maximum Gasteiger partial charge on any atom is 0.220 e. The molecule has 0 spiro atoms. The van der Waals surface area contributed by atoms with Gasteiger partial charge < -0.3 is 9.64 Å². The Morgan fingerprint density at radius 2 is 1.82 bits per heavy atom. The van der Waals surface area contributed by atoms with Crippen LogP contribution in [0.4, 0.5) is 0 Å². The van der Waals surface area contributed by atoms with E-state index in [1.165, 1.54) is 0 Å². The van der Waals surface area contributed by atoms with Crippen molar-refractivity contribution >= 4 is 5.91 Å². The highest BCUT2D eigenvalue weighted by atomic mass is 16.5. The molecule has 0 aliphatic carbocycles. The van der Waals surface area contributed by atoms with Crippen LogP contribution >= 0.6 is 0 Å². The van der Waals surface area contributed by atoms with Crippen LogP contribution in [0.2, 0.25) is 0 Å². The molecule has 1 amide bonds. The Bertz CT molecular complexity index is 148. The molecule has 1 aliphatic heterocycles. The molecule has 0 radical (unpaired) electrons. The molecule has 2 atom stereocenters. The fraction of sp³-hybridized carbons (Fsp3) is 0.875. The van der Waals surface area contributed by atoms with Crippen LogP contribution in [-0.4, -0.2) is 36.1 Å². The van der Waals surface area contributed by atoms with Gasteiger partial charge in [-0.1, -0.05) is 0 Å². The maximum atomic E-state index is 11.1. The summed E-state index contributed by atoms with van der Waals surface area (Å²) in [5, 5.41) is 0. The summed E-state index contributed by atoms with van der Waals surface area (Å²) >= 11 is 0. The summed E-state index contributed by atoms with van der Waals surface area (Å²) < 4.78 is 5.28. The molecule has 1 heterocycles. The first kappa shape index (κ1) is 8.53. The Hall–Kier alpha value is -0.570. The number of nitrogens with zero attached hydrogens (tertiary/aromatic N) is 1. The predicted molar refractivity (Wildman–Crippen MR) is 42.3 cm³/mol. The lowest BCUT2D eigenvalue weighted by atomic mass is 10.2. The number of carbonyl (C=O) groups is 1. The predicted octanol–water partition coefficient (Wildman–Crippen LogP) is 0.642. The van der Waals surface area contributed by atoms with Crippen LogP contribution in [0.15, 0.2) is 0 Å². The van der Waals surface area contributed by atoms with Crippen molar-refractivity contribution in [1.29, 1.82) is 0 Å². The van der Waals surface area contributed by atoms with E-state index in [0.717, 1.165) is 0 Å². The molecule has 0 bridgehead atoms. The third-order valence-electron chi connectivity index (χ3n) is 2.03. The number of carbonyl (C=O) groups excluding carboxylic acids is 1. The molecule has 0 aromatic rings. The summed E-state index contributed by atoms with van der Waals surface area (Å²) in [6.45, 7) is 6.97. The van der Waals surface area contributed by atoms with Crippen LogP contribution in [0.25, 0.3) is 0 Å². The molecular weight excluding hydrogens is 142 g/mol. The Kier molecular flexibility index (Phi) is 2.49. The van der Waals surface area contributed by atoms with E-state index in [2.05, 4.69) is 0 Å². The average Bonchev–Trinajstić information content (AvgIpc) is 1.85. The summed E-state index contributed by atoms with van der Waals surface area (Å²) in [6.07, 6.45) is 0. The zero-order valence-corrected chi connectivity index (χ0v) is 7.33. The van der Waals surface area contributed by atoms with Crippen LogP contribution in [0.1, 0.15) is 20.8 Å². The first-order valence-electron chi connectivity index (χ1n) is 3.99. The average molecular weight is 157 g/mol. The summed E-state index contributed by atoms with van der Waals surface area (Å²) in [5.74, 6) is 0.147. The third-order valence-corrected chi connectivity index (χ3v) is 2.03. The van der Waals surface area contributed by atoms with Crippen molar-refractivity contribution in [3.05, 3.63) is 0 Å². The second-order valence-electron chi connectivity index (χ2n) is 3.16. The highest BCUT2D eigenvalue weighted by Gasteiger charge is 2.26. The lowest BCUT2D eigenvalue weighted by molar-refractivity contribution is -0.141. The number of ether oxygens (including phenoxy) is 1. The molecule has 1 saturated heterocycles. The van der Waals surface area contributed by atoms with E-state index in [9.17, 15) is 4.79 Å². The van der Waals surface area contributed by atoms with Gasteiger partial charge in [-0.05, 0) is 13.8 Å². The fourth-order valence-corrected chi connectivity index (χ4v) is 1.62. The molecule has 1 rings (SSSR count). The number of hydrogen-bond acceptors (Lipinski definition) is 2. The Morgan fingerprint density at radius 1 is 1.36 bits per heavy atom. The van der Waals surface area contributed by atoms with Gasteiger partial charge in [-0.3, -0.25) is 4.79 Å². The molecule has 64 valence electrons. The van der Waals surface area contributed by atoms with Crippen molar-refractivity contribution < 1.29 is 9.53 Å². The van der Waals surface area contributed by atoms with Crippen molar-refractivity contribution in [2.75, 3.05) is 13.2 Å². The smallest absolute Gasteiger partial charge is 0.220 e. The quantitative estimate of drug-likeness (QED) is 0.516. The minimum Gasteiger partial charge on any atom is -0.377 e. The first-order chi connectivity index (χ1) is 5.13. The number of morpholine rings is 1. The van der Waals surface area contributed by atoms with E-state index in [0.29, 0.717) is 13.2 Å². The standard InChI is InChI=1S/C8H15NO2/c1-6-4-11-5-7(2)9(6)8(3)10/h6-7H,4-5H2,1-3H3/t6-,7?/m0/s1. The number of hydrogen-bond donors (Lipinski definition) is 0. The molecule has 3 nitrogen and oxygen atoms in total. The van der Waals surface area contributed by atoms with E-state index in [4.69, 9.17) is 4.74 Å². The van der Waals surface area contributed by atoms with Crippen molar-refractivity contribution in [3.63, 3.8) is 0 Å². The molecule has 0 aromatic heterocycles. The van der Waals surface area contributed by atoms with Crippen LogP contribution in [-0.2, 0) is 9.53 Å². The van der Waals surface area contributed by atoms with Gasteiger partial charge in [-0.25, -0.2) is 0 Å². The monoisotopic (exact) mass is 157 g/mol. The van der Waals surface area contributed by atoms with Crippen LogP contribution < -0.4 is 0 Å². The lowest BCUT2D eigenvalue weighted by Crippen LogP contribution is -2.51. The van der Waals surface area contributed by atoms with Crippen LogP contribution in [0.5, 0.6) is 0 Å². The minimum absolute atomic E-state index is 0.147. The molecule has 3 heteroatoms.